The molecule has 0 unspecified atom stereocenters. The molecule has 2 amide bonds. The molecule has 1 fully saturated rings. The third-order valence-corrected chi connectivity index (χ3v) is 7.09. The van der Waals surface area contributed by atoms with Gasteiger partial charge in [0.05, 0.1) is 25.2 Å². The summed E-state index contributed by atoms with van der Waals surface area (Å²) in [6, 6.07) is 18.4. The molecule has 0 spiro atoms. The summed E-state index contributed by atoms with van der Waals surface area (Å²) >= 11 is 6.90. The van der Waals surface area contributed by atoms with Crippen molar-refractivity contribution in [2.75, 3.05) is 26.9 Å². The van der Waals surface area contributed by atoms with Crippen LogP contribution in [0.2, 0.25) is 5.02 Å². The predicted molar refractivity (Wildman–Crippen MR) is 158 cm³/mol. The molecule has 0 saturated carbocycles. The van der Waals surface area contributed by atoms with Gasteiger partial charge < -0.3 is 18.9 Å². The van der Waals surface area contributed by atoms with Crippen molar-refractivity contribution in [3.05, 3.63) is 99.9 Å². The van der Waals surface area contributed by atoms with Crippen LogP contribution in [0.3, 0.4) is 0 Å². The van der Waals surface area contributed by atoms with Crippen molar-refractivity contribution in [3.8, 4) is 23.0 Å². The molecule has 40 heavy (non-hydrogen) atoms. The van der Waals surface area contributed by atoms with Crippen LogP contribution >= 0.6 is 23.4 Å². The summed E-state index contributed by atoms with van der Waals surface area (Å²) in [5.74, 6) is 1.91. The number of hydrogen-bond acceptors (Lipinski definition) is 7. The highest BCUT2D eigenvalue weighted by atomic mass is 35.5. The van der Waals surface area contributed by atoms with Crippen molar-refractivity contribution >= 4 is 40.6 Å². The molecular weight excluding hydrogens is 550 g/mol. The predicted octanol–water partition coefficient (Wildman–Crippen LogP) is 7.17. The van der Waals surface area contributed by atoms with Crippen LogP contribution in [-0.4, -0.2) is 42.9 Å². The SMILES string of the molecule is C=CCc1cc(/C=C2\SC(=O)N(CCOc3ccccc3OC)C2=O)cc(OCC)c1OCc1ccc(Cl)cc1. The molecule has 3 aromatic rings. The summed E-state index contributed by atoms with van der Waals surface area (Å²) in [6.45, 7) is 6.78. The molecule has 1 saturated heterocycles. The van der Waals surface area contributed by atoms with E-state index in [2.05, 4.69) is 6.58 Å². The topological polar surface area (TPSA) is 74.3 Å². The van der Waals surface area contributed by atoms with E-state index in [1.54, 1.807) is 31.4 Å². The normalized spacial score (nSPS) is 14.0. The van der Waals surface area contributed by atoms with Crippen LogP contribution < -0.4 is 18.9 Å². The van der Waals surface area contributed by atoms with Crippen LogP contribution in [0, 0.1) is 0 Å². The zero-order valence-corrected chi connectivity index (χ0v) is 23.9. The smallest absolute Gasteiger partial charge is 0.293 e. The molecule has 208 valence electrons. The van der Waals surface area contributed by atoms with Gasteiger partial charge in [-0.05, 0) is 78.7 Å². The first-order valence-corrected chi connectivity index (χ1v) is 13.9. The van der Waals surface area contributed by atoms with Crippen LogP contribution in [0.25, 0.3) is 6.08 Å². The zero-order valence-electron chi connectivity index (χ0n) is 22.4. The second-order valence-corrected chi connectivity index (χ2v) is 10.1. The number of hydrogen-bond donors (Lipinski definition) is 0. The lowest BCUT2D eigenvalue weighted by atomic mass is 10.0. The van der Waals surface area contributed by atoms with E-state index in [1.165, 1.54) is 4.90 Å². The zero-order chi connectivity index (χ0) is 28.5. The van der Waals surface area contributed by atoms with Crippen LogP contribution in [-0.2, 0) is 17.8 Å². The number of carbonyl (C=O) groups excluding carboxylic acids is 2. The Labute approximate surface area is 243 Å². The van der Waals surface area contributed by atoms with E-state index in [1.807, 2.05) is 55.5 Å². The van der Waals surface area contributed by atoms with Gasteiger partial charge in [0.1, 0.15) is 13.2 Å². The number of amides is 2. The number of carbonyl (C=O) groups is 2. The van der Waals surface area contributed by atoms with Gasteiger partial charge in [0.25, 0.3) is 11.1 Å². The van der Waals surface area contributed by atoms with E-state index < -0.39 is 0 Å². The molecule has 9 heteroatoms. The number of para-hydroxylation sites is 2. The Morgan fingerprint density at radius 2 is 1.73 bits per heavy atom. The summed E-state index contributed by atoms with van der Waals surface area (Å²) < 4.78 is 23.1. The van der Waals surface area contributed by atoms with Crippen molar-refractivity contribution < 1.29 is 28.5 Å². The number of thioether (sulfide) groups is 1. The van der Waals surface area contributed by atoms with Gasteiger partial charge in [-0.1, -0.05) is 41.9 Å². The van der Waals surface area contributed by atoms with Gasteiger partial charge >= 0.3 is 0 Å². The molecule has 3 aromatic carbocycles. The van der Waals surface area contributed by atoms with E-state index in [9.17, 15) is 9.59 Å². The highest BCUT2D eigenvalue weighted by molar-refractivity contribution is 8.18. The molecule has 0 radical (unpaired) electrons. The quantitative estimate of drug-likeness (QED) is 0.157. The Morgan fingerprint density at radius 3 is 2.42 bits per heavy atom. The van der Waals surface area contributed by atoms with Gasteiger partial charge in [-0.25, -0.2) is 0 Å². The van der Waals surface area contributed by atoms with E-state index in [4.69, 9.17) is 30.5 Å². The number of allylic oxidation sites excluding steroid dienone is 1. The average Bonchev–Trinajstić information content (AvgIpc) is 3.21. The van der Waals surface area contributed by atoms with Crippen LogP contribution in [0.4, 0.5) is 4.79 Å². The standard InChI is InChI=1S/C31H30ClNO6S/c1-4-8-23-17-22(18-27(37-5-2)29(23)39-20-21-11-13-24(32)14-12-21)19-28-30(34)33(31(35)40-28)15-16-38-26-10-7-6-9-25(26)36-3/h4,6-7,9-14,17-19H,1,5,8,15-16,20H2,2-3H3/b28-19-. The van der Waals surface area contributed by atoms with Crippen molar-refractivity contribution in [2.24, 2.45) is 0 Å². The Bertz CT molecular complexity index is 1410. The van der Waals surface area contributed by atoms with Gasteiger partial charge in [-0.2, -0.15) is 0 Å². The van der Waals surface area contributed by atoms with Crippen molar-refractivity contribution in [1.29, 1.82) is 0 Å². The number of nitrogens with zero attached hydrogens (tertiary/aromatic N) is 1. The molecule has 1 aliphatic rings. The summed E-state index contributed by atoms with van der Waals surface area (Å²) in [5, 5.41) is 0.308. The van der Waals surface area contributed by atoms with Crippen molar-refractivity contribution in [1.82, 2.24) is 4.90 Å². The summed E-state index contributed by atoms with van der Waals surface area (Å²) in [5.41, 5.74) is 2.53. The maximum absolute atomic E-state index is 13.1. The molecular formula is C31H30ClNO6S. The van der Waals surface area contributed by atoms with Gasteiger partial charge in [0.15, 0.2) is 23.0 Å². The maximum atomic E-state index is 13.1. The molecule has 0 atom stereocenters. The minimum atomic E-state index is -0.370. The average molecular weight is 580 g/mol. The first-order chi connectivity index (χ1) is 19.4. The number of benzene rings is 3. The Morgan fingerprint density at radius 1 is 0.975 bits per heavy atom. The van der Waals surface area contributed by atoms with E-state index in [0.717, 1.165) is 28.5 Å². The van der Waals surface area contributed by atoms with Gasteiger partial charge in [0.2, 0.25) is 0 Å². The van der Waals surface area contributed by atoms with E-state index >= 15 is 0 Å². The lowest BCUT2D eigenvalue weighted by Gasteiger charge is -2.17. The number of halogens is 1. The third kappa shape index (κ3) is 7.20. The monoisotopic (exact) mass is 579 g/mol. The van der Waals surface area contributed by atoms with Crippen molar-refractivity contribution in [2.45, 2.75) is 20.0 Å². The first kappa shape index (κ1) is 29.1. The summed E-state index contributed by atoms with van der Waals surface area (Å²) in [6.07, 6.45) is 4.00. The largest absolute Gasteiger partial charge is 0.493 e. The molecule has 7 nitrogen and oxygen atoms in total. The van der Waals surface area contributed by atoms with Crippen LogP contribution in [0.5, 0.6) is 23.0 Å². The lowest BCUT2D eigenvalue weighted by molar-refractivity contribution is -0.123. The Balaban J connectivity index is 1.51. The maximum Gasteiger partial charge on any atom is 0.293 e. The summed E-state index contributed by atoms with van der Waals surface area (Å²) in [7, 11) is 1.55. The van der Waals surface area contributed by atoms with Crippen molar-refractivity contribution in [3.63, 3.8) is 0 Å². The number of methoxy groups -OCH3 is 1. The molecule has 0 bridgehead atoms. The molecule has 4 rings (SSSR count). The van der Waals surface area contributed by atoms with E-state index in [-0.39, 0.29) is 24.3 Å². The molecule has 1 aliphatic heterocycles. The summed E-state index contributed by atoms with van der Waals surface area (Å²) in [4.78, 5) is 27.3. The fourth-order valence-electron chi connectivity index (χ4n) is 4.07. The minimum Gasteiger partial charge on any atom is -0.493 e. The van der Waals surface area contributed by atoms with Crippen LogP contribution in [0.15, 0.2) is 78.2 Å². The Hall–Kier alpha value is -3.88. The van der Waals surface area contributed by atoms with Gasteiger partial charge in [-0.3, -0.25) is 14.5 Å². The third-order valence-electron chi connectivity index (χ3n) is 5.93. The van der Waals surface area contributed by atoms with Gasteiger partial charge in [0, 0.05) is 10.6 Å². The van der Waals surface area contributed by atoms with Crippen LogP contribution in [0.1, 0.15) is 23.6 Å². The minimum absolute atomic E-state index is 0.115. The second kappa shape index (κ2) is 14.0. The van der Waals surface area contributed by atoms with Gasteiger partial charge in [-0.15, -0.1) is 6.58 Å². The fourth-order valence-corrected chi connectivity index (χ4v) is 5.06. The first-order valence-electron chi connectivity index (χ1n) is 12.7. The highest BCUT2D eigenvalue weighted by Crippen LogP contribution is 2.38. The molecule has 0 aliphatic carbocycles. The highest BCUT2D eigenvalue weighted by Gasteiger charge is 2.35. The molecule has 0 aromatic heterocycles. The Kier molecular flexibility index (Phi) is 10.2. The second-order valence-electron chi connectivity index (χ2n) is 8.68. The molecule has 1 heterocycles. The number of imide groups is 1. The number of rotatable bonds is 13. The van der Waals surface area contributed by atoms with E-state index in [0.29, 0.717) is 52.6 Å². The lowest BCUT2D eigenvalue weighted by Crippen LogP contribution is -2.32. The molecule has 0 N–H and O–H groups in total. The number of ether oxygens (including phenoxy) is 4. The fraction of sp³-hybridized carbons (Fsp3) is 0.226.